The molecule has 0 heterocycles. The fourth-order valence-corrected chi connectivity index (χ4v) is 3.59. The molecule has 1 aliphatic rings. The zero-order chi connectivity index (χ0) is 19.2. The van der Waals surface area contributed by atoms with Crippen LogP contribution in [0.1, 0.15) is 15.9 Å². The smallest absolute Gasteiger partial charge is 0.200 e. The van der Waals surface area contributed by atoms with E-state index < -0.39 is 0 Å². The second kappa shape index (κ2) is 6.64. The average molecular weight is 480 g/mol. The number of carbonyl (C=O) groups excluding carboxylic acids is 1. The molecule has 0 aromatic heterocycles. The standard InChI is InChI=1S/C19H17Br2N3O2/c1-24(2,3)11-6-4-5-10(7-11)23-15-8-12-16(19(26)17(15)21)14(22)9-13(20)18(12)25/h4-9H,1-3H3,(H2-,22,23,26)/p+1. The van der Waals surface area contributed by atoms with E-state index in [0.717, 1.165) is 11.4 Å². The van der Waals surface area contributed by atoms with Crippen LogP contribution in [0, 0.1) is 5.41 Å². The van der Waals surface area contributed by atoms with Crippen LogP contribution in [0.25, 0.3) is 0 Å². The molecule has 0 fully saturated rings. The van der Waals surface area contributed by atoms with Gasteiger partial charge in [0.1, 0.15) is 11.4 Å². The molecule has 0 bridgehead atoms. The van der Waals surface area contributed by atoms with E-state index in [1.165, 1.54) is 6.08 Å². The Balaban J connectivity index is 2.08. The summed E-state index contributed by atoms with van der Waals surface area (Å²) < 4.78 is 1.38. The second-order valence-corrected chi connectivity index (χ2v) is 8.58. The number of phenolic OH excluding ortho intramolecular Hbond substituents is 1. The number of quaternary nitrogens is 1. The fraction of sp³-hybridized carbons (Fsp3) is 0.158. The summed E-state index contributed by atoms with van der Waals surface area (Å²) in [6.45, 7) is 0. The number of benzene rings is 2. The van der Waals surface area contributed by atoms with Crippen molar-refractivity contribution in [3.63, 3.8) is 0 Å². The number of ketones is 1. The van der Waals surface area contributed by atoms with E-state index >= 15 is 0 Å². The topological polar surface area (TPSA) is 73.2 Å². The van der Waals surface area contributed by atoms with Crippen LogP contribution in [-0.4, -0.2) is 37.7 Å². The SMILES string of the molecule is C[N+](C)(C)c1cccc(Nc2cc3c(c(O)c2Br)C(=N)C=C(Br)C3=O)c1. The van der Waals surface area contributed by atoms with E-state index in [1.54, 1.807) is 6.07 Å². The Morgan fingerprint density at radius 1 is 1.15 bits per heavy atom. The molecule has 5 nitrogen and oxygen atoms in total. The van der Waals surface area contributed by atoms with Crippen LogP contribution >= 0.6 is 31.9 Å². The largest absolute Gasteiger partial charge is 0.506 e. The fourth-order valence-electron chi connectivity index (χ4n) is 2.74. The van der Waals surface area contributed by atoms with Crippen molar-refractivity contribution in [1.29, 1.82) is 5.41 Å². The van der Waals surface area contributed by atoms with Crippen molar-refractivity contribution in [2.24, 2.45) is 0 Å². The number of hydrogen-bond donors (Lipinski definition) is 3. The molecule has 0 atom stereocenters. The zero-order valence-corrected chi connectivity index (χ0v) is 17.7. The van der Waals surface area contributed by atoms with Crippen LogP contribution in [-0.2, 0) is 0 Å². The van der Waals surface area contributed by atoms with Crippen molar-refractivity contribution in [3.8, 4) is 5.75 Å². The highest BCUT2D eigenvalue weighted by Crippen LogP contribution is 2.42. The minimum Gasteiger partial charge on any atom is -0.506 e. The third-order valence-electron chi connectivity index (χ3n) is 4.14. The molecule has 1 aliphatic carbocycles. The summed E-state index contributed by atoms with van der Waals surface area (Å²) in [5.74, 6) is -0.385. The monoisotopic (exact) mass is 478 g/mol. The van der Waals surface area contributed by atoms with E-state index in [-0.39, 0.29) is 28.4 Å². The van der Waals surface area contributed by atoms with Crippen LogP contribution in [0.4, 0.5) is 17.1 Å². The Bertz CT molecular complexity index is 975. The number of anilines is 2. The first-order valence-electron chi connectivity index (χ1n) is 7.85. The van der Waals surface area contributed by atoms with Crippen molar-refractivity contribution in [2.75, 3.05) is 26.5 Å². The van der Waals surface area contributed by atoms with Gasteiger partial charge in [-0.2, -0.15) is 0 Å². The number of rotatable bonds is 3. The molecular weight excluding hydrogens is 462 g/mol. The molecule has 0 radical (unpaired) electrons. The molecule has 2 aromatic carbocycles. The number of fused-ring (bicyclic) bond motifs is 1. The predicted molar refractivity (Wildman–Crippen MR) is 113 cm³/mol. The summed E-state index contributed by atoms with van der Waals surface area (Å²) in [6, 6.07) is 9.58. The first-order chi connectivity index (χ1) is 12.1. The van der Waals surface area contributed by atoms with E-state index in [1.807, 2.05) is 24.3 Å². The van der Waals surface area contributed by atoms with Crippen LogP contribution in [0.2, 0.25) is 0 Å². The molecule has 3 rings (SSSR count). The van der Waals surface area contributed by atoms with E-state index in [0.29, 0.717) is 19.1 Å². The normalized spacial score (nSPS) is 14.1. The average Bonchev–Trinajstić information content (AvgIpc) is 2.56. The van der Waals surface area contributed by atoms with Gasteiger partial charge < -0.3 is 15.8 Å². The van der Waals surface area contributed by atoms with Gasteiger partial charge in [-0.3, -0.25) is 9.28 Å². The lowest BCUT2D eigenvalue weighted by Gasteiger charge is -2.24. The minimum absolute atomic E-state index is 0.0863. The van der Waals surface area contributed by atoms with Crippen molar-refractivity contribution in [2.45, 2.75) is 0 Å². The first kappa shape index (κ1) is 18.8. The van der Waals surface area contributed by atoms with E-state index in [2.05, 4.69) is 58.3 Å². The minimum atomic E-state index is -0.262. The highest BCUT2D eigenvalue weighted by atomic mass is 79.9. The predicted octanol–water partition coefficient (Wildman–Crippen LogP) is 4.94. The summed E-state index contributed by atoms with van der Waals surface area (Å²) in [6.07, 6.45) is 1.40. The Morgan fingerprint density at radius 3 is 2.50 bits per heavy atom. The summed E-state index contributed by atoms with van der Waals surface area (Å²) in [5.41, 5.74) is 3.11. The Hall–Kier alpha value is -1.96. The Kier molecular flexibility index (Phi) is 4.81. The van der Waals surface area contributed by atoms with Gasteiger partial charge in [0.25, 0.3) is 0 Å². The highest BCUT2D eigenvalue weighted by molar-refractivity contribution is 9.12. The van der Waals surface area contributed by atoms with Crippen molar-refractivity contribution < 1.29 is 9.90 Å². The molecule has 3 N–H and O–H groups in total. The lowest BCUT2D eigenvalue weighted by Crippen LogP contribution is -2.34. The second-order valence-electron chi connectivity index (χ2n) is 6.93. The van der Waals surface area contributed by atoms with Gasteiger partial charge in [0.15, 0.2) is 0 Å². The first-order valence-corrected chi connectivity index (χ1v) is 9.43. The van der Waals surface area contributed by atoms with Crippen LogP contribution in [0.5, 0.6) is 5.75 Å². The summed E-state index contributed by atoms with van der Waals surface area (Å²) >= 11 is 6.57. The van der Waals surface area contributed by atoms with Crippen LogP contribution in [0.3, 0.4) is 0 Å². The maximum absolute atomic E-state index is 12.4. The lowest BCUT2D eigenvalue weighted by atomic mass is 9.92. The molecule has 7 heteroatoms. The molecule has 0 saturated carbocycles. The Labute approximate surface area is 168 Å². The highest BCUT2D eigenvalue weighted by Gasteiger charge is 2.28. The number of hydrogen-bond acceptors (Lipinski definition) is 4. The van der Waals surface area contributed by atoms with Crippen LogP contribution in [0.15, 0.2) is 45.4 Å². The molecule has 0 saturated heterocycles. The number of allylic oxidation sites excluding steroid dienone is 2. The molecule has 134 valence electrons. The quantitative estimate of drug-likeness (QED) is 0.546. The number of nitrogens with one attached hydrogen (secondary N) is 2. The molecule has 0 unspecified atom stereocenters. The molecule has 0 aliphatic heterocycles. The molecular formula is C19H18Br2N3O2+. The van der Waals surface area contributed by atoms with Gasteiger partial charge >= 0.3 is 0 Å². The van der Waals surface area contributed by atoms with Crippen LogP contribution < -0.4 is 9.80 Å². The third-order valence-corrected chi connectivity index (χ3v) is 5.53. The zero-order valence-electron chi connectivity index (χ0n) is 14.5. The maximum Gasteiger partial charge on any atom is 0.200 e. The van der Waals surface area contributed by atoms with Gasteiger partial charge in [0.05, 0.1) is 47.1 Å². The van der Waals surface area contributed by atoms with Crippen molar-refractivity contribution in [3.05, 3.63) is 56.5 Å². The van der Waals surface area contributed by atoms with Crippen molar-refractivity contribution in [1.82, 2.24) is 4.48 Å². The van der Waals surface area contributed by atoms with E-state index in [9.17, 15) is 9.90 Å². The number of halogens is 2. The number of aromatic hydroxyl groups is 1. The van der Waals surface area contributed by atoms with Gasteiger partial charge in [0, 0.05) is 17.3 Å². The number of carbonyl (C=O) groups is 1. The maximum atomic E-state index is 12.4. The number of phenols is 1. The van der Waals surface area contributed by atoms with Gasteiger partial charge in [-0.1, -0.05) is 6.07 Å². The van der Waals surface area contributed by atoms with Crippen molar-refractivity contribution >= 4 is 60.4 Å². The molecule has 26 heavy (non-hydrogen) atoms. The Morgan fingerprint density at radius 2 is 1.85 bits per heavy atom. The molecule has 0 amide bonds. The third kappa shape index (κ3) is 3.34. The molecule has 2 aromatic rings. The molecule has 0 spiro atoms. The van der Waals surface area contributed by atoms with Gasteiger partial charge in [-0.25, -0.2) is 0 Å². The van der Waals surface area contributed by atoms with Gasteiger partial charge in [-0.05, 0) is 56.1 Å². The van der Waals surface area contributed by atoms with Gasteiger partial charge in [-0.15, -0.1) is 0 Å². The van der Waals surface area contributed by atoms with E-state index in [4.69, 9.17) is 5.41 Å². The van der Waals surface area contributed by atoms with Gasteiger partial charge in [0.2, 0.25) is 5.78 Å². The number of nitrogens with zero attached hydrogens (tertiary/aromatic N) is 1. The number of Topliss-reactive ketones (excluding diaryl/α,β-unsaturated/α-hetero) is 1. The summed E-state index contributed by atoms with van der Waals surface area (Å²) in [5, 5.41) is 21.8. The summed E-state index contributed by atoms with van der Waals surface area (Å²) in [4.78, 5) is 12.4. The lowest BCUT2D eigenvalue weighted by molar-refractivity contribution is 0.104. The summed E-state index contributed by atoms with van der Waals surface area (Å²) in [7, 11) is 6.23.